The van der Waals surface area contributed by atoms with Crippen molar-refractivity contribution in [3.8, 4) is 11.5 Å². The molecule has 1 aliphatic rings. The van der Waals surface area contributed by atoms with Crippen molar-refractivity contribution in [2.45, 2.75) is 18.9 Å². The Kier molecular flexibility index (Phi) is 4.96. The van der Waals surface area contributed by atoms with E-state index in [2.05, 4.69) is 20.9 Å². The van der Waals surface area contributed by atoms with E-state index in [1.807, 2.05) is 36.5 Å². The lowest BCUT2D eigenvalue weighted by Crippen LogP contribution is -2.37. The van der Waals surface area contributed by atoms with Gasteiger partial charge in [0.2, 0.25) is 0 Å². The number of benzene rings is 1. The highest BCUT2D eigenvalue weighted by atomic mass is 16.5. The zero-order valence-corrected chi connectivity index (χ0v) is 13.0. The largest absolute Gasteiger partial charge is 0.497 e. The molecule has 1 aromatic heterocycles. The van der Waals surface area contributed by atoms with Gasteiger partial charge in [0.25, 0.3) is 0 Å². The number of aromatic nitrogens is 2. The van der Waals surface area contributed by atoms with E-state index >= 15 is 0 Å². The monoisotopic (exact) mass is 301 g/mol. The lowest BCUT2D eigenvalue weighted by atomic mass is 10.1. The summed E-state index contributed by atoms with van der Waals surface area (Å²) in [5.41, 5.74) is 0. The second-order valence-electron chi connectivity index (χ2n) is 5.59. The van der Waals surface area contributed by atoms with Crippen LogP contribution < -0.4 is 9.47 Å². The molecule has 0 aliphatic carbocycles. The second-order valence-corrected chi connectivity index (χ2v) is 5.59. The first-order chi connectivity index (χ1) is 10.8. The molecule has 0 unspecified atom stereocenters. The number of piperidine rings is 1. The predicted molar refractivity (Wildman–Crippen MR) is 85.4 cm³/mol. The van der Waals surface area contributed by atoms with Gasteiger partial charge < -0.3 is 9.47 Å². The van der Waals surface area contributed by atoms with E-state index in [9.17, 15) is 0 Å². The molecule has 3 rings (SSSR count). The highest BCUT2D eigenvalue weighted by Crippen LogP contribution is 2.22. The molecule has 5 heteroatoms. The molecule has 0 amide bonds. The smallest absolute Gasteiger partial charge is 0.123 e. The quantitative estimate of drug-likeness (QED) is 0.822. The summed E-state index contributed by atoms with van der Waals surface area (Å²) < 4.78 is 13.1. The Labute approximate surface area is 131 Å². The van der Waals surface area contributed by atoms with Crippen LogP contribution in [0, 0.1) is 0 Å². The van der Waals surface area contributed by atoms with Crippen LogP contribution in [0.25, 0.3) is 0 Å². The van der Waals surface area contributed by atoms with E-state index < -0.39 is 0 Å². The molecule has 22 heavy (non-hydrogen) atoms. The van der Waals surface area contributed by atoms with Crippen molar-refractivity contribution in [3.63, 3.8) is 0 Å². The molecule has 0 spiro atoms. The van der Waals surface area contributed by atoms with Gasteiger partial charge in [0.05, 0.1) is 13.2 Å². The molecule has 5 nitrogen and oxygen atoms in total. The normalized spacial score (nSPS) is 16.6. The first-order valence-electron chi connectivity index (χ1n) is 7.83. The first-order valence-corrected chi connectivity index (χ1v) is 7.83. The molecule has 0 saturated carbocycles. The summed E-state index contributed by atoms with van der Waals surface area (Å²) in [7, 11) is 1.67. The van der Waals surface area contributed by atoms with Crippen LogP contribution in [0.5, 0.6) is 11.5 Å². The van der Waals surface area contributed by atoms with Gasteiger partial charge in [-0.2, -0.15) is 5.10 Å². The molecule has 1 fully saturated rings. The Morgan fingerprint density at radius 1 is 1.18 bits per heavy atom. The lowest BCUT2D eigenvalue weighted by molar-refractivity contribution is 0.152. The van der Waals surface area contributed by atoms with Crippen LogP contribution in [0.2, 0.25) is 0 Å². The van der Waals surface area contributed by atoms with E-state index in [0.717, 1.165) is 44.0 Å². The average molecular weight is 301 g/mol. The van der Waals surface area contributed by atoms with E-state index in [0.29, 0.717) is 12.6 Å². The van der Waals surface area contributed by atoms with Gasteiger partial charge in [-0.3, -0.25) is 9.58 Å². The minimum absolute atomic E-state index is 0.547. The number of rotatable bonds is 6. The van der Waals surface area contributed by atoms with Crippen molar-refractivity contribution in [2.24, 2.45) is 0 Å². The topological polar surface area (TPSA) is 39.5 Å². The van der Waals surface area contributed by atoms with Gasteiger partial charge in [-0.15, -0.1) is 0 Å². The molecule has 0 N–H and O–H groups in total. The maximum atomic E-state index is 5.81. The molecule has 1 aliphatic heterocycles. The third-order valence-electron chi connectivity index (χ3n) is 4.17. The van der Waals surface area contributed by atoms with E-state index in [1.165, 1.54) is 0 Å². The van der Waals surface area contributed by atoms with Gasteiger partial charge in [-0.25, -0.2) is 0 Å². The van der Waals surface area contributed by atoms with Crippen LogP contribution in [-0.2, 0) is 0 Å². The van der Waals surface area contributed by atoms with Crippen LogP contribution in [-0.4, -0.2) is 48.0 Å². The fourth-order valence-electron chi connectivity index (χ4n) is 2.89. The van der Waals surface area contributed by atoms with Crippen LogP contribution in [0.1, 0.15) is 18.9 Å². The molecule has 1 aromatic carbocycles. The van der Waals surface area contributed by atoms with E-state index in [-0.39, 0.29) is 0 Å². The standard InChI is InChI=1S/C17H23N3O2/c1-21-16-4-2-5-17(14-16)22-13-12-19-10-6-15(7-11-19)20-9-3-8-18-20/h2-5,8-9,14-15H,6-7,10-13H2,1H3. The molecule has 1 saturated heterocycles. The first kappa shape index (κ1) is 14.9. The highest BCUT2D eigenvalue weighted by molar-refractivity contribution is 5.32. The van der Waals surface area contributed by atoms with Crippen LogP contribution in [0.15, 0.2) is 42.7 Å². The van der Waals surface area contributed by atoms with E-state index in [4.69, 9.17) is 9.47 Å². The Balaban J connectivity index is 1.40. The van der Waals surface area contributed by atoms with Crippen molar-refractivity contribution >= 4 is 0 Å². The Hall–Kier alpha value is -2.01. The Morgan fingerprint density at radius 2 is 2.00 bits per heavy atom. The minimum atomic E-state index is 0.547. The van der Waals surface area contributed by atoms with Crippen molar-refractivity contribution in [1.29, 1.82) is 0 Å². The fraction of sp³-hybridized carbons (Fsp3) is 0.471. The number of hydrogen-bond acceptors (Lipinski definition) is 4. The fourth-order valence-corrected chi connectivity index (χ4v) is 2.89. The summed E-state index contributed by atoms with van der Waals surface area (Å²) in [6, 6.07) is 10.3. The average Bonchev–Trinajstić information content (AvgIpc) is 3.10. The number of hydrogen-bond donors (Lipinski definition) is 0. The third kappa shape index (κ3) is 3.80. The Bertz CT molecular complexity index is 563. The predicted octanol–water partition coefficient (Wildman–Crippen LogP) is 2.61. The van der Waals surface area contributed by atoms with Crippen LogP contribution in [0.3, 0.4) is 0 Å². The van der Waals surface area contributed by atoms with Crippen molar-refractivity contribution < 1.29 is 9.47 Å². The molecular formula is C17H23N3O2. The van der Waals surface area contributed by atoms with Gasteiger partial charge in [-0.1, -0.05) is 6.07 Å². The molecule has 2 aromatic rings. The van der Waals surface area contributed by atoms with Crippen molar-refractivity contribution in [2.75, 3.05) is 33.4 Å². The molecule has 0 atom stereocenters. The summed E-state index contributed by atoms with van der Waals surface area (Å²) in [5, 5.41) is 4.34. The number of likely N-dealkylation sites (tertiary alicyclic amines) is 1. The van der Waals surface area contributed by atoms with Crippen LogP contribution >= 0.6 is 0 Å². The van der Waals surface area contributed by atoms with Crippen molar-refractivity contribution in [1.82, 2.24) is 14.7 Å². The van der Waals surface area contributed by atoms with Gasteiger partial charge in [0.15, 0.2) is 0 Å². The summed E-state index contributed by atoms with van der Waals surface area (Å²) in [5.74, 6) is 1.70. The summed E-state index contributed by atoms with van der Waals surface area (Å²) in [6.07, 6.45) is 6.22. The lowest BCUT2D eigenvalue weighted by Gasteiger charge is -2.31. The highest BCUT2D eigenvalue weighted by Gasteiger charge is 2.20. The van der Waals surface area contributed by atoms with Gasteiger partial charge in [0.1, 0.15) is 18.1 Å². The van der Waals surface area contributed by atoms with Gasteiger partial charge >= 0.3 is 0 Å². The molecule has 0 bridgehead atoms. The zero-order valence-electron chi connectivity index (χ0n) is 13.0. The van der Waals surface area contributed by atoms with E-state index in [1.54, 1.807) is 7.11 Å². The summed E-state index contributed by atoms with van der Waals surface area (Å²) in [4.78, 5) is 2.46. The zero-order chi connectivity index (χ0) is 15.2. The minimum Gasteiger partial charge on any atom is -0.497 e. The van der Waals surface area contributed by atoms with Crippen LogP contribution in [0.4, 0.5) is 0 Å². The van der Waals surface area contributed by atoms with Gasteiger partial charge in [-0.05, 0) is 31.0 Å². The molecule has 118 valence electrons. The molecule has 0 radical (unpaired) electrons. The number of ether oxygens (including phenoxy) is 2. The Morgan fingerprint density at radius 3 is 2.73 bits per heavy atom. The SMILES string of the molecule is COc1cccc(OCCN2CCC(n3cccn3)CC2)c1. The van der Waals surface area contributed by atoms with Crippen molar-refractivity contribution in [3.05, 3.63) is 42.7 Å². The second kappa shape index (κ2) is 7.31. The summed E-state index contributed by atoms with van der Waals surface area (Å²) in [6.45, 7) is 3.88. The molecule has 2 heterocycles. The maximum absolute atomic E-state index is 5.81. The molecular weight excluding hydrogens is 278 g/mol. The maximum Gasteiger partial charge on any atom is 0.123 e. The summed E-state index contributed by atoms with van der Waals surface area (Å²) >= 11 is 0. The number of methoxy groups -OCH3 is 1. The number of nitrogens with zero attached hydrogens (tertiary/aromatic N) is 3. The van der Waals surface area contributed by atoms with Gasteiger partial charge in [0, 0.05) is 38.1 Å². The third-order valence-corrected chi connectivity index (χ3v) is 4.17.